The predicted molar refractivity (Wildman–Crippen MR) is 114 cm³/mol. The van der Waals surface area contributed by atoms with Gasteiger partial charge in [0, 0.05) is 17.6 Å². The zero-order valence-electron chi connectivity index (χ0n) is 17.5. The number of rotatable bonds is 10. The van der Waals surface area contributed by atoms with E-state index in [9.17, 15) is 13.6 Å². The summed E-state index contributed by atoms with van der Waals surface area (Å²) < 4.78 is 27.1. The van der Waals surface area contributed by atoms with Crippen LogP contribution in [0.1, 0.15) is 37.7 Å². The van der Waals surface area contributed by atoms with Gasteiger partial charge in [0.2, 0.25) is 11.9 Å². The number of nitrogens with one attached hydrogen (secondary N) is 1. The van der Waals surface area contributed by atoms with Crippen LogP contribution in [0.25, 0.3) is 0 Å². The van der Waals surface area contributed by atoms with Gasteiger partial charge in [-0.3, -0.25) is 9.79 Å². The van der Waals surface area contributed by atoms with Crippen molar-refractivity contribution in [1.29, 1.82) is 0 Å². The lowest BCUT2D eigenvalue weighted by atomic mass is 9.88. The van der Waals surface area contributed by atoms with Crippen LogP contribution >= 0.6 is 0 Å². The zero-order chi connectivity index (χ0) is 22.4. The molecule has 1 atom stereocenters. The van der Waals surface area contributed by atoms with Gasteiger partial charge in [0.25, 0.3) is 0 Å². The average molecular weight is 434 g/mol. The van der Waals surface area contributed by atoms with Gasteiger partial charge in [-0.1, -0.05) is 6.07 Å². The van der Waals surface area contributed by atoms with Crippen molar-refractivity contribution >= 4 is 17.6 Å². The number of oxime groups is 1. The summed E-state index contributed by atoms with van der Waals surface area (Å²) in [4.78, 5) is 23.6. The molecule has 0 bridgehead atoms. The van der Waals surface area contributed by atoms with Gasteiger partial charge in [0.05, 0.1) is 19.6 Å². The Hall–Kier alpha value is -3.17. The van der Waals surface area contributed by atoms with E-state index in [1.807, 2.05) is 11.8 Å². The van der Waals surface area contributed by atoms with E-state index < -0.39 is 11.6 Å². The minimum atomic E-state index is -0.840. The van der Waals surface area contributed by atoms with Gasteiger partial charge < -0.3 is 26.5 Å². The Morgan fingerprint density at radius 1 is 1.35 bits per heavy atom. The Balaban J connectivity index is 1.55. The molecule has 0 spiro atoms. The van der Waals surface area contributed by atoms with Crippen LogP contribution in [-0.2, 0) is 9.63 Å². The van der Waals surface area contributed by atoms with Gasteiger partial charge in [-0.05, 0) is 60.9 Å². The van der Waals surface area contributed by atoms with E-state index in [0.29, 0.717) is 18.9 Å². The van der Waals surface area contributed by atoms with Crippen molar-refractivity contribution in [2.24, 2.45) is 27.5 Å². The van der Waals surface area contributed by atoms with Crippen LogP contribution in [0.4, 0.5) is 8.78 Å². The number of hydrogen-bond donors (Lipinski definition) is 3. The smallest absolute Gasteiger partial charge is 0.239 e. The summed E-state index contributed by atoms with van der Waals surface area (Å²) in [6.07, 6.45) is 4.52. The molecule has 1 saturated carbocycles. The van der Waals surface area contributed by atoms with Gasteiger partial charge in [0.15, 0.2) is 11.6 Å². The summed E-state index contributed by atoms with van der Waals surface area (Å²) in [6.45, 7) is 2.99. The molecule has 31 heavy (non-hydrogen) atoms. The summed E-state index contributed by atoms with van der Waals surface area (Å²) in [7, 11) is 0. The van der Waals surface area contributed by atoms with E-state index in [1.54, 1.807) is 12.3 Å². The number of carbonyl (C=O) groups is 1. The lowest BCUT2D eigenvalue weighted by Gasteiger charge is -2.29. The number of halogens is 2. The maximum Gasteiger partial charge on any atom is 0.239 e. The molecule has 1 unspecified atom stereocenters. The molecule has 1 aromatic rings. The predicted octanol–water partition coefficient (Wildman–Crippen LogP) is 1.79. The monoisotopic (exact) mass is 434 g/mol. The zero-order valence-corrected chi connectivity index (χ0v) is 17.5. The second-order valence-corrected chi connectivity index (χ2v) is 7.84. The van der Waals surface area contributed by atoms with Gasteiger partial charge in [-0.15, -0.1) is 0 Å². The number of aliphatic imine (C=N–C) groups is 1. The normalized spacial score (nSPS) is 16.8. The molecular formula is C21H28F2N6O2. The highest BCUT2D eigenvalue weighted by atomic mass is 19.2. The van der Waals surface area contributed by atoms with Crippen molar-refractivity contribution in [2.75, 3.05) is 26.2 Å². The van der Waals surface area contributed by atoms with Crippen molar-refractivity contribution in [2.45, 2.75) is 32.1 Å². The van der Waals surface area contributed by atoms with Gasteiger partial charge in [-0.25, -0.2) is 8.78 Å². The molecule has 5 N–H and O–H groups in total. The Kier molecular flexibility index (Phi) is 7.43. The van der Waals surface area contributed by atoms with Crippen molar-refractivity contribution in [3.8, 4) is 0 Å². The summed E-state index contributed by atoms with van der Waals surface area (Å²) in [5, 5.41) is 6.13. The lowest BCUT2D eigenvalue weighted by Crippen LogP contribution is -2.41. The minimum Gasteiger partial charge on any atom is -0.391 e. The van der Waals surface area contributed by atoms with E-state index in [1.165, 1.54) is 12.1 Å². The number of allylic oxidation sites excluding steroid dienone is 1. The number of nitrogens with two attached hydrogens (primary N) is 2. The molecule has 1 aromatic carbocycles. The number of hydrogen-bond acceptors (Lipinski definition) is 5. The molecule has 3 rings (SSSR count). The standard InChI is InChI=1S/C21H28F2N6O2/c1-13-10-27-16(11-29(13)12-20(30)26-6-7-31-28-21(24)25)9-17(14-2-3-14)15-4-5-18(22)19(23)8-15/h4-5,8,10,14,17H,2-3,6-7,9,11-12H2,1H3,(H,26,30)(H4,24,25,28). The van der Waals surface area contributed by atoms with E-state index in [0.717, 1.165) is 29.8 Å². The maximum absolute atomic E-state index is 13.8. The first-order valence-corrected chi connectivity index (χ1v) is 10.2. The Morgan fingerprint density at radius 3 is 2.81 bits per heavy atom. The van der Waals surface area contributed by atoms with Crippen LogP contribution in [0.15, 0.2) is 40.2 Å². The molecule has 1 heterocycles. The maximum atomic E-state index is 13.8. The number of benzene rings is 1. The van der Waals surface area contributed by atoms with Crippen LogP contribution in [-0.4, -0.2) is 48.7 Å². The largest absolute Gasteiger partial charge is 0.391 e. The van der Waals surface area contributed by atoms with Crippen LogP contribution in [0.5, 0.6) is 0 Å². The van der Waals surface area contributed by atoms with Gasteiger partial charge >= 0.3 is 0 Å². The number of nitrogens with zero attached hydrogens (tertiary/aromatic N) is 3. The van der Waals surface area contributed by atoms with Crippen LogP contribution in [0, 0.1) is 17.6 Å². The first-order chi connectivity index (χ1) is 14.8. The molecule has 10 heteroatoms. The van der Waals surface area contributed by atoms with Crippen LogP contribution in [0.2, 0.25) is 0 Å². The highest BCUT2D eigenvalue weighted by Gasteiger charge is 2.34. The molecule has 0 aromatic heterocycles. The number of carbonyl (C=O) groups excluding carboxylic acids is 1. The summed E-state index contributed by atoms with van der Waals surface area (Å²) in [5.41, 5.74) is 12.9. The molecule has 168 valence electrons. The Labute approximate surface area is 180 Å². The topological polar surface area (TPSA) is 118 Å². The molecule has 1 fully saturated rings. The van der Waals surface area contributed by atoms with E-state index >= 15 is 0 Å². The molecule has 1 aliphatic carbocycles. The van der Waals surface area contributed by atoms with Gasteiger partial charge in [-0.2, -0.15) is 0 Å². The second-order valence-electron chi connectivity index (χ2n) is 7.84. The van der Waals surface area contributed by atoms with E-state index in [-0.39, 0.29) is 37.5 Å². The molecule has 1 amide bonds. The first kappa shape index (κ1) is 22.5. The molecule has 2 aliphatic rings. The summed E-state index contributed by atoms with van der Waals surface area (Å²) >= 11 is 0. The van der Waals surface area contributed by atoms with Crippen molar-refractivity contribution in [3.05, 3.63) is 47.3 Å². The molecule has 0 saturated heterocycles. The van der Waals surface area contributed by atoms with Crippen LogP contribution < -0.4 is 16.8 Å². The lowest BCUT2D eigenvalue weighted by molar-refractivity contribution is -0.121. The van der Waals surface area contributed by atoms with E-state index in [4.69, 9.17) is 16.3 Å². The van der Waals surface area contributed by atoms with E-state index in [2.05, 4.69) is 15.5 Å². The fraction of sp³-hybridized carbons (Fsp3) is 0.476. The highest BCUT2D eigenvalue weighted by molar-refractivity contribution is 5.89. The molecule has 0 radical (unpaired) electrons. The number of amides is 1. The average Bonchev–Trinajstić information content (AvgIpc) is 3.55. The second kappa shape index (κ2) is 10.2. The molecular weight excluding hydrogens is 406 g/mol. The SMILES string of the molecule is CC1=CN=C(CC(c2ccc(F)c(F)c2)C2CC2)CN1CC(=O)NCCON=C(N)N. The molecule has 1 aliphatic heterocycles. The summed E-state index contributed by atoms with van der Waals surface area (Å²) in [6, 6.07) is 4.13. The van der Waals surface area contributed by atoms with Crippen molar-refractivity contribution < 1.29 is 18.4 Å². The quantitative estimate of drug-likeness (QED) is 0.225. The third-order valence-electron chi connectivity index (χ3n) is 5.34. The van der Waals surface area contributed by atoms with Crippen molar-refractivity contribution in [3.63, 3.8) is 0 Å². The van der Waals surface area contributed by atoms with Gasteiger partial charge in [0.1, 0.15) is 6.61 Å². The fourth-order valence-corrected chi connectivity index (χ4v) is 3.59. The Morgan fingerprint density at radius 2 is 2.13 bits per heavy atom. The summed E-state index contributed by atoms with van der Waals surface area (Å²) in [5.74, 6) is -1.48. The highest BCUT2D eigenvalue weighted by Crippen LogP contribution is 2.45. The fourth-order valence-electron chi connectivity index (χ4n) is 3.59. The third-order valence-corrected chi connectivity index (χ3v) is 5.34. The van der Waals surface area contributed by atoms with Crippen LogP contribution in [0.3, 0.4) is 0 Å². The third kappa shape index (κ3) is 6.66. The minimum absolute atomic E-state index is 0.0871. The number of guanidine groups is 1. The Bertz CT molecular complexity index is 894. The molecule has 8 nitrogen and oxygen atoms in total. The first-order valence-electron chi connectivity index (χ1n) is 10.2. The van der Waals surface area contributed by atoms with Crippen molar-refractivity contribution in [1.82, 2.24) is 10.2 Å².